The third-order valence-corrected chi connectivity index (χ3v) is 2.96. The molecule has 0 saturated carbocycles. The molecule has 2 rings (SSSR count). The summed E-state index contributed by atoms with van der Waals surface area (Å²) in [5.74, 6) is -1.21. The average molecular weight is 308 g/mol. The molecule has 18 heavy (non-hydrogen) atoms. The quantitative estimate of drug-likeness (QED) is 0.947. The molecule has 92 valence electrons. The van der Waals surface area contributed by atoms with Crippen molar-refractivity contribution in [2.75, 3.05) is 0 Å². The fourth-order valence-corrected chi connectivity index (χ4v) is 2.08. The van der Waals surface area contributed by atoms with Crippen molar-refractivity contribution in [3.8, 4) is 0 Å². The summed E-state index contributed by atoms with van der Waals surface area (Å²) >= 11 is 3.37. The van der Waals surface area contributed by atoms with Crippen LogP contribution in [0.5, 0.6) is 0 Å². The molecule has 0 saturated heterocycles. The van der Waals surface area contributed by atoms with Gasteiger partial charge in [0.05, 0.1) is 0 Å². The van der Waals surface area contributed by atoms with Crippen molar-refractivity contribution < 1.29 is 9.90 Å². The number of pyridine rings is 1. The van der Waals surface area contributed by atoms with Gasteiger partial charge in [-0.2, -0.15) is 0 Å². The van der Waals surface area contributed by atoms with Crippen LogP contribution in [0, 0.1) is 0 Å². The van der Waals surface area contributed by atoms with Crippen molar-refractivity contribution in [3.63, 3.8) is 0 Å². The van der Waals surface area contributed by atoms with Gasteiger partial charge >= 0.3 is 5.97 Å². The van der Waals surface area contributed by atoms with Crippen LogP contribution in [-0.2, 0) is 6.54 Å². The van der Waals surface area contributed by atoms with Crippen LogP contribution in [0.2, 0.25) is 0 Å². The van der Waals surface area contributed by atoms with Gasteiger partial charge in [-0.15, -0.1) is 0 Å². The largest absolute Gasteiger partial charge is 0.477 e. The molecule has 0 bridgehead atoms. The summed E-state index contributed by atoms with van der Waals surface area (Å²) in [6.45, 7) is 0.514. The third-order valence-electron chi connectivity index (χ3n) is 2.46. The maximum Gasteiger partial charge on any atom is 0.341 e. The minimum atomic E-state index is -1.21. The molecule has 0 radical (unpaired) electrons. The zero-order chi connectivity index (χ0) is 13.1. The second-order valence-electron chi connectivity index (χ2n) is 3.83. The highest BCUT2D eigenvalue weighted by Gasteiger charge is 2.08. The van der Waals surface area contributed by atoms with E-state index in [4.69, 9.17) is 5.11 Å². The van der Waals surface area contributed by atoms with Crippen LogP contribution in [0.1, 0.15) is 15.9 Å². The Morgan fingerprint density at radius 3 is 2.78 bits per heavy atom. The van der Waals surface area contributed by atoms with Gasteiger partial charge in [0.25, 0.3) is 0 Å². The number of hydrogen-bond donors (Lipinski definition) is 1. The Hall–Kier alpha value is -1.88. The number of nitrogens with zero attached hydrogens (tertiary/aromatic N) is 1. The van der Waals surface area contributed by atoms with Gasteiger partial charge in [0.15, 0.2) is 5.43 Å². The summed E-state index contributed by atoms with van der Waals surface area (Å²) in [6.07, 6.45) is 2.93. The Morgan fingerprint density at radius 1 is 1.33 bits per heavy atom. The van der Waals surface area contributed by atoms with Crippen molar-refractivity contribution in [2.24, 2.45) is 0 Å². The Balaban J connectivity index is 2.33. The minimum Gasteiger partial charge on any atom is -0.477 e. The molecule has 0 spiro atoms. The summed E-state index contributed by atoms with van der Waals surface area (Å²) < 4.78 is 2.63. The van der Waals surface area contributed by atoms with Gasteiger partial charge in [-0.05, 0) is 17.7 Å². The van der Waals surface area contributed by atoms with E-state index in [1.165, 1.54) is 12.3 Å². The van der Waals surface area contributed by atoms with Crippen LogP contribution in [0.15, 0.2) is 52.0 Å². The number of benzene rings is 1. The van der Waals surface area contributed by atoms with E-state index in [2.05, 4.69) is 15.9 Å². The Bertz CT molecular complexity index is 649. The molecule has 0 fully saturated rings. The molecule has 2 aromatic rings. The molecular formula is C13H10BrNO3. The van der Waals surface area contributed by atoms with Crippen LogP contribution >= 0.6 is 15.9 Å². The van der Waals surface area contributed by atoms with Gasteiger partial charge in [0, 0.05) is 29.5 Å². The first-order chi connectivity index (χ1) is 8.56. The second-order valence-corrected chi connectivity index (χ2v) is 4.75. The van der Waals surface area contributed by atoms with E-state index in [1.54, 1.807) is 10.8 Å². The lowest BCUT2D eigenvalue weighted by atomic mass is 10.2. The number of carboxylic acid groups (broad SMARTS) is 1. The van der Waals surface area contributed by atoms with Crippen molar-refractivity contribution in [3.05, 3.63) is 68.5 Å². The van der Waals surface area contributed by atoms with Gasteiger partial charge < -0.3 is 9.67 Å². The molecule has 1 aromatic carbocycles. The van der Waals surface area contributed by atoms with E-state index in [-0.39, 0.29) is 5.56 Å². The molecule has 0 atom stereocenters. The zero-order valence-corrected chi connectivity index (χ0v) is 10.9. The lowest BCUT2D eigenvalue weighted by molar-refractivity contribution is 0.0694. The number of carbonyl (C=O) groups is 1. The Labute approximate surface area is 112 Å². The van der Waals surface area contributed by atoms with E-state index >= 15 is 0 Å². The normalized spacial score (nSPS) is 10.3. The first-order valence-electron chi connectivity index (χ1n) is 5.24. The van der Waals surface area contributed by atoms with E-state index in [0.717, 1.165) is 10.0 Å². The molecule has 0 aliphatic heterocycles. The second kappa shape index (κ2) is 5.18. The van der Waals surface area contributed by atoms with Crippen molar-refractivity contribution >= 4 is 21.9 Å². The van der Waals surface area contributed by atoms with Crippen molar-refractivity contribution in [1.82, 2.24) is 4.57 Å². The summed E-state index contributed by atoms with van der Waals surface area (Å²) in [4.78, 5) is 22.2. The molecule has 0 aliphatic carbocycles. The summed E-state index contributed by atoms with van der Waals surface area (Å²) in [6, 6.07) is 8.96. The van der Waals surface area contributed by atoms with Gasteiger partial charge in [-0.1, -0.05) is 28.1 Å². The van der Waals surface area contributed by atoms with Gasteiger partial charge in [0.2, 0.25) is 0 Å². The number of rotatable bonds is 3. The van der Waals surface area contributed by atoms with Gasteiger partial charge in [-0.3, -0.25) is 4.79 Å². The van der Waals surface area contributed by atoms with E-state index in [1.807, 2.05) is 24.3 Å². The fraction of sp³-hybridized carbons (Fsp3) is 0.0769. The lowest BCUT2D eigenvalue weighted by Crippen LogP contribution is -2.16. The van der Waals surface area contributed by atoms with Crippen LogP contribution in [0.3, 0.4) is 0 Å². The maximum atomic E-state index is 11.3. The van der Waals surface area contributed by atoms with Crippen LogP contribution in [0.4, 0.5) is 0 Å². The summed E-state index contributed by atoms with van der Waals surface area (Å²) in [5.41, 5.74) is 0.324. The predicted octanol–water partition coefficient (Wildman–Crippen LogP) is 2.36. The maximum absolute atomic E-state index is 11.3. The monoisotopic (exact) mass is 307 g/mol. The highest BCUT2D eigenvalue weighted by Crippen LogP contribution is 2.12. The number of hydrogen-bond acceptors (Lipinski definition) is 2. The molecule has 0 aliphatic rings. The molecule has 1 N–H and O–H groups in total. The molecule has 5 heteroatoms. The Morgan fingerprint density at radius 2 is 2.11 bits per heavy atom. The zero-order valence-electron chi connectivity index (χ0n) is 9.34. The SMILES string of the molecule is O=C(O)c1cn(Cc2cccc(Br)c2)ccc1=O. The third kappa shape index (κ3) is 2.87. The first-order valence-corrected chi connectivity index (χ1v) is 6.03. The predicted molar refractivity (Wildman–Crippen MR) is 70.9 cm³/mol. The highest BCUT2D eigenvalue weighted by molar-refractivity contribution is 9.10. The lowest BCUT2D eigenvalue weighted by Gasteiger charge is -2.07. The topological polar surface area (TPSA) is 59.3 Å². The number of aromatic nitrogens is 1. The Kier molecular flexibility index (Phi) is 3.62. The van der Waals surface area contributed by atoms with Crippen LogP contribution in [0.25, 0.3) is 0 Å². The van der Waals surface area contributed by atoms with Crippen molar-refractivity contribution in [2.45, 2.75) is 6.54 Å². The van der Waals surface area contributed by atoms with E-state index in [0.29, 0.717) is 6.54 Å². The average Bonchev–Trinajstić information content (AvgIpc) is 2.31. The van der Waals surface area contributed by atoms with Gasteiger partial charge in [0.1, 0.15) is 5.56 Å². The molecular weight excluding hydrogens is 298 g/mol. The van der Waals surface area contributed by atoms with Gasteiger partial charge in [-0.25, -0.2) is 4.79 Å². The fourth-order valence-electron chi connectivity index (χ4n) is 1.63. The highest BCUT2D eigenvalue weighted by atomic mass is 79.9. The number of carboxylic acids is 1. The first kappa shape index (κ1) is 12.6. The number of aromatic carboxylic acids is 1. The molecule has 1 aromatic heterocycles. The summed E-state index contributed by atoms with van der Waals surface area (Å²) in [7, 11) is 0. The van der Waals surface area contributed by atoms with E-state index in [9.17, 15) is 9.59 Å². The van der Waals surface area contributed by atoms with E-state index < -0.39 is 11.4 Å². The molecule has 4 nitrogen and oxygen atoms in total. The molecule has 0 amide bonds. The smallest absolute Gasteiger partial charge is 0.341 e. The standard InChI is InChI=1S/C13H10BrNO3/c14-10-3-1-2-9(6-10)7-15-5-4-12(16)11(8-15)13(17)18/h1-6,8H,7H2,(H,17,18). The minimum absolute atomic E-state index is 0.215. The number of halogens is 1. The molecule has 0 unspecified atom stereocenters. The van der Waals surface area contributed by atoms with Crippen LogP contribution in [-0.4, -0.2) is 15.6 Å². The van der Waals surface area contributed by atoms with Crippen LogP contribution < -0.4 is 5.43 Å². The van der Waals surface area contributed by atoms with Crippen molar-refractivity contribution in [1.29, 1.82) is 0 Å². The molecule has 1 heterocycles. The summed E-state index contributed by atoms with van der Waals surface area (Å²) in [5, 5.41) is 8.88.